The number of likely N-dealkylation sites (N-methyl/N-ethyl adjacent to an activating group) is 1. The summed E-state index contributed by atoms with van der Waals surface area (Å²) in [5.74, 6) is 0.257. The van der Waals surface area contributed by atoms with Crippen LogP contribution in [-0.4, -0.2) is 65.3 Å². The lowest BCUT2D eigenvalue weighted by Crippen LogP contribution is -2.41. The number of carbonyl (C=O) groups is 2. The molecule has 2 saturated heterocycles. The summed E-state index contributed by atoms with van der Waals surface area (Å²) in [5.41, 5.74) is 1.86. The van der Waals surface area contributed by atoms with Crippen LogP contribution in [-0.2, 0) is 11.3 Å². The van der Waals surface area contributed by atoms with Gasteiger partial charge in [0, 0.05) is 50.2 Å². The summed E-state index contributed by atoms with van der Waals surface area (Å²) in [4.78, 5) is 31.3. The SMILES string of the molecule is CN1[C@H]2CC[C@@H]1CN(C(=O)CCN1Cc3ccccc3C1=O)CC2. The molecular weight excluding hydrogens is 302 g/mol. The molecule has 2 bridgehead atoms. The van der Waals surface area contributed by atoms with Gasteiger partial charge in [-0.3, -0.25) is 14.5 Å². The van der Waals surface area contributed by atoms with Gasteiger partial charge >= 0.3 is 0 Å². The van der Waals surface area contributed by atoms with E-state index in [0.717, 1.165) is 30.6 Å². The predicted molar refractivity (Wildman–Crippen MR) is 91.6 cm³/mol. The number of hydrogen-bond acceptors (Lipinski definition) is 3. The third kappa shape index (κ3) is 2.71. The smallest absolute Gasteiger partial charge is 0.254 e. The van der Waals surface area contributed by atoms with Crippen LogP contribution in [0.4, 0.5) is 0 Å². The largest absolute Gasteiger partial charge is 0.341 e. The van der Waals surface area contributed by atoms with E-state index in [9.17, 15) is 9.59 Å². The second-order valence-electron chi connectivity index (χ2n) is 7.31. The van der Waals surface area contributed by atoms with Gasteiger partial charge in [-0.15, -0.1) is 0 Å². The standard InChI is InChI=1S/C19H25N3O2/c1-20-15-6-7-16(20)13-21(10-8-15)18(23)9-11-22-12-14-4-2-3-5-17(14)19(22)24/h2-5,15-16H,6-13H2,1H3/t15-,16+/m0/s1. The molecule has 5 nitrogen and oxygen atoms in total. The Labute approximate surface area is 143 Å². The van der Waals surface area contributed by atoms with Gasteiger partial charge in [0.05, 0.1) is 0 Å². The molecule has 0 unspecified atom stereocenters. The average Bonchev–Trinajstić information content (AvgIpc) is 3.02. The Balaban J connectivity index is 1.34. The number of rotatable bonds is 3. The molecule has 2 atom stereocenters. The van der Waals surface area contributed by atoms with Gasteiger partial charge in [-0.25, -0.2) is 0 Å². The molecule has 4 rings (SSSR count). The molecule has 0 N–H and O–H groups in total. The molecule has 2 amide bonds. The van der Waals surface area contributed by atoms with Crippen molar-refractivity contribution in [2.24, 2.45) is 0 Å². The first kappa shape index (κ1) is 15.6. The second kappa shape index (κ2) is 6.20. The van der Waals surface area contributed by atoms with Crippen LogP contribution in [0.2, 0.25) is 0 Å². The predicted octanol–water partition coefficient (Wildman–Crippen LogP) is 1.73. The lowest BCUT2D eigenvalue weighted by molar-refractivity contribution is -0.131. The first-order valence-corrected chi connectivity index (χ1v) is 9.00. The van der Waals surface area contributed by atoms with Crippen molar-refractivity contribution < 1.29 is 9.59 Å². The Kier molecular flexibility index (Phi) is 4.04. The number of nitrogens with zero attached hydrogens (tertiary/aromatic N) is 3. The molecule has 1 aromatic rings. The molecule has 3 aliphatic rings. The number of likely N-dealkylation sites (tertiary alicyclic amines) is 1. The summed E-state index contributed by atoms with van der Waals surface area (Å²) in [5, 5.41) is 0. The summed E-state index contributed by atoms with van der Waals surface area (Å²) in [6, 6.07) is 8.89. The van der Waals surface area contributed by atoms with Gasteiger partial charge in [-0.1, -0.05) is 18.2 Å². The van der Waals surface area contributed by atoms with E-state index in [1.54, 1.807) is 4.90 Å². The average molecular weight is 327 g/mol. The topological polar surface area (TPSA) is 43.9 Å². The van der Waals surface area contributed by atoms with E-state index in [1.165, 1.54) is 12.8 Å². The lowest BCUT2D eigenvalue weighted by atomic mass is 10.1. The molecule has 0 aliphatic carbocycles. The highest BCUT2D eigenvalue weighted by molar-refractivity contribution is 5.98. The van der Waals surface area contributed by atoms with Crippen molar-refractivity contribution in [2.75, 3.05) is 26.7 Å². The summed E-state index contributed by atoms with van der Waals surface area (Å²) < 4.78 is 0. The van der Waals surface area contributed by atoms with Crippen molar-refractivity contribution in [1.29, 1.82) is 0 Å². The minimum Gasteiger partial charge on any atom is -0.341 e. The first-order valence-electron chi connectivity index (χ1n) is 9.00. The molecule has 2 fully saturated rings. The molecule has 24 heavy (non-hydrogen) atoms. The Morgan fingerprint density at radius 3 is 2.79 bits per heavy atom. The van der Waals surface area contributed by atoms with Gasteiger partial charge < -0.3 is 9.80 Å². The van der Waals surface area contributed by atoms with Crippen molar-refractivity contribution >= 4 is 11.8 Å². The third-order valence-electron chi connectivity index (χ3n) is 5.99. The number of benzene rings is 1. The Hall–Kier alpha value is -1.88. The number of amides is 2. The zero-order valence-electron chi connectivity index (χ0n) is 14.3. The van der Waals surface area contributed by atoms with E-state index in [0.29, 0.717) is 31.6 Å². The van der Waals surface area contributed by atoms with E-state index < -0.39 is 0 Å². The highest BCUT2D eigenvalue weighted by atomic mass is 16.2. The van der Waals surface area contributed by atoms with E-state index in [1.807, 2.05) is 29.2 Å². The first-order chi connectivity index (χ1) is 11.6. The van der Waals surface area contributed by atoms with E-state index in [-0.39, 0.29) is 11.8 Å². The highest BCUT2D eigenvalue weighted by Crippen LogP contribution is 2.29. The van der Waals surface area contributed by atoms with Crippen molar-refractivity contribution in [3.05, 3.63) is 35.4 Å². The van der Waals surface area contributed by atoms with Crippen LogP contribution in [0.25, 0.3) is 0 Å². The fourth-order valence-corrected chi connectivity index (χ4v) is 4.42. The lowest BCUT2D eigenvalue weighted by Gasteiger charge is -2.26. The summed E-state index contributed by atoms with van der Waals surface area (Å²) in [6.07, 6.45) is 3.97. The zero-order chi connectivity index (χ0) is 16.7. The van der Waals surface area contributed by atoms with Crippen molar-refractivity contribution in [1.82, 2.24) is 14.7 Å². The van der Waals surface area contributed by atoms with Crippen LogP contribution in [0.1, 0.15) is 41.6 Å². The third-order valence-corrected chi connectivity index (χ3v) is 5.99. The Morgan fingerprint density at radius 2 is 1.96 bits per heavy atom. The summed E-state index contributed by atoms with van der Waals surface area (Å²) in [6.45, 7) is 2.86. The number of fused-ring (bicyclic) bond motifs is 3. The van der Waals surface area contributed by atoms with Crippen molar-refractivity contribution in [3.63, 3.8) is 0 Å². The molecule has 0 aromatic heterocycles. The van der Waals surface area contributed by atoms with Crippen LogP contribution in [0, 0.1) is 0 Å². The molecule has 0 spiro atoms. The fraction of sp³-hybridized carbons (Fsp3) is 0.579. The van der Waals surface area contributed by atoms with Crippen LogP contribution in [0.3, 0.4) is 0 Å². The van der Waals surface area contributed by atoms with Gasteiger partial charge in [0.25, 0.3) is 5.91 Å². The maximum Gasteiger partial charge on any atom is 0.254 e. The minimum atomic E-state index is 0.0630. The van der Waals surface area contributed by atoms with E-state index >= 15 is 0 Å². The molecule has 1 aromatic carbocycles. The quantitative estimate of drug-likeness (QED) is 0.849. The van der Waals surface area contributed by atoms with E-state index in [2.05, 4.69) is 11.9 Å². The monoisotopic (exact) mass is 327 g/mol. The molecule has 3 aliphatic heterocycles. The summed E-state index contributed by atoms with van der Waals surface area (Å²) >= 11 is 0. The molecule has 5 heteroatoms. The van der Waals surface area contributed by atoms with Crippen molar-refractivity contribution in [3.8, 4) is 0 Å². The van der Waals surface area contributed by atoms with Crippen LogP contribution in [0.15, 0.2) is 24.3 Å². The zero-order valence-corrected chi connectivity index (χ0v) is 14.3. The van der Waals surface area contributed by atoms with Crippen LogP contribution < -0.4 is 0 Å². The maximum absolute atomic E-state index is 12.6. The van der Waals surface area contributed by atoms with Gasteiger partial charge in [-0.2, -0.15) is 0 Å². The normalized spacial score (nSPS) is 26.6. The number of carbonyl (C=O) groups excluding carboxylic acids is 2. The van der Waals surface area contributed by atoms with Crippen LogP contribution >= 0.6 is 0 Å². The van der Waals surface area contributed by atoms with Gasteiger partial charge in [0.15, 0.2) is 0 Å². The van der Waals surface area contributed by atoms with Gasteiger partial charge in [0.2, 0.25) is 5.91 Å². The minimum absolute atomic E-state index is 0.0630. The summed E-state index contributed by atoms with van der Waals surface area (Å²) in [7, 11) is 2.19. The maximum atomic E-state index is 12.6. The molecule has 3 heterocycles. The van der Waals surface area contributed by atoms with Gasteiger partial charge in [0.1, 0.15) is 0 Å². The van der Waals surface area contributed by atoms with E-state index in [4.69, 9.17) is 0 Å². The molecule has 128 valence electrons. The van der Waals surface area contributed by atoms with Gasteiger partial charge in [-0.05, 0) is 37.9 Å². The highest BCUT2D eigenvalue weighted by Gasteiger charge is 2.36. The van der Waals surface area contributed by atoms with Crippen molar-refractivity contribution in [2.45, 2.75) is 44.3 Å². The molecular formula is C19H25N3O2. The molecule has 0 radical (unpaired) electrons. The number of hydrogen-bond donors (Lipinski definition) is 0. The Morgan fingerprint density at radius 1 is 1.17 bits per heavy atom. The second-order valence-corrected chi connectivity index (χ2v) is 7.31. The Bertz CT molecular complexity index is 660. The molecule has 0 saturated carbocycles. The fourth-order valence-electron chi connectivity index (χ4n) is 4.42. The van der Waals surface area contributed by atoms with Crippen LogP contribution in [0.5, 0.6) is 0 Å².